The number of carbonyl (C=O) groups is 5. The summed E-state index contributed by atoms with van der Waals surface area (Å²) in [5, 5.41) is 104. The number of nitrogens with zero attached hydrogens (tertiary/aromatic N) is 1. The molecular weight excluding hydrogens is 1280 g/mol. The van der Waals surface area contributed by atoms with Crippen LogP contribution in [0.5, 0.6) is 0 Å². The number of amides is 5. The van der Waals surface area contributed by atoms with E-state index in [0.717, 1.165) is 5.56 Å². The van der Waals surface area contributed by atoms with Crippen molar-refractivity contribution in [2.24, 2.45) is 11.8 Å². The Bertz CT molecular complexity index is 3250. The summed E-state index contributed by atoms with van der Waals surface area (Å²) in [6.45, 7) is 0.826. The van der Waals surface area contributed by atoms with Crippen LogP contribution in [-0.2, 0) is 85.0 Å². The molecule has 5 aromatic rings. The molecule has 3 saturated heterocycles. The molecule has 98 heavy (non-hydrogen) atoms. The third kappa shape index (κ3) is 20.8. The summed E-state index contributed by atoms with van der Waals surface area (Å²) in [4.78, 5) is 69.0. The van der Waals surface area contributed by atoms with Crippen LogP contribution in [0.15, 0.2) is 152 Å². The van der Waals surface area contributed by atoms with Crippen LogP contribution < -0.4 is 21.3 Å². The molecule has 9 rings (SSSR count). The van der Waals surface area contributed by atoms with E-state index in [1.165, 1.54) is 18.7 Å². The lowest BCUT2D eigenvalue weighted by Crippen LogP contribution is -2.68. The first-order chi connectivity index (χ1) is 47.3. The van der Waals surface area contributed by atoms with Gasteiger partial charge in [-0.3, -0.25) is 4.79 Å². The molecule has 0 bridgehead atoms. The average molecular weight is 1370 g/mol. The number of nitrogens with one attached hydrogen (secondary N) is 4. The largest absolute Gasteiger partial charge is 0.445 e. The Morgan fingerprint density at radius 1 is 0.490 bits per heavy atom. The molecule has 5 amide bonds. The van der Waals surface area contributed by atoms with Crippen LogP contribution in [0.1, 0.15) is 60.9 Å². The molecule has 3 heterocycles. The van der Waals surface area contributed by atoms with Crippen LogP contribution in [0.2, 0.25) is 0 Å². The number of aryl methyl sites for hydroxylation is 1. The second kappa shape index (κ2) is 36.8. The van der Waals surface area contributed by atoms with Crippen LogP contribution in [0, 0.1) is 11.8 Å². The lowest BCUT2D eigenvalue weighted by Gasteiger charge is -2.49. The van der Waals surface area contributed by atoms with E-state index in [1.807, 2.05) is 36.4 Å². The zero-order valence-corrected chi connectivity index (χ0v) is 54.3. The number of aliphatic hydroxyl groups excluding tert-OH is 8. The topological polar surface area (TPSA) is 391 Å². The van der Waals surface area contributed by atoms with Crippen molar-refractivity contribution >= 4 is 30.3 Å². The molecule has 3 aliphatic heterocycles. The van der Waals surface area contributed by atoms with E-state index in [-0.39, 0.29) is 59.0 Å². The number of aliphatic hydroxyl groups is 8. The molecule has 0 aromatic heterocycles. The highest BCUT2D eigenvalue weighted by Gasteiger charge is 2.56. The third-order valence-corrected chi connectivity index (χ3v) is 17.6. The summed E-state index contributed by atoms with van der Waals surface area (Å²) in [5.41, 5.74) is 3.73. The zero-order valence-electron chi connectivity index (χ0n) is 54.3. The van der Waals surface area contributed by atoms with E-state index in [4.69, 9.17) is 47.4 Å². The van der Waals surface area contributed by atoms with Gasteiger partial charge in [0.2, 0.25) is 5.91 Å². The lowest BCUT2D eigenvalue weighted by atomic mass is 9.82. The van der Waals surface area contributed by atoms with Crippen molar-refractivity contribution in [3.8, 4) is 0 Å². The van der Waals surface area contributed by atoms with Gasteiger partial charge in [0.05, 0.1) is 37.4 Å². The molecular formula is C70H89N5O23. The molecule has 4 fully saturated rings. The number of hydrogen-bond acceptors (Lipinski definition) is 23. The summed E-state index contributed by atoms with van der Waals surface area (Å²) in [7, 11) is 0. The highest BCUT2D eigenvalue weighted by Crippen LogP contribution is 2.38. The van der Waals surface area contributed by atoms with Crippen molar-refractivity contribution in [1.82, 2.24) is 26.2 Å². The highest BCUT2D eigenvalue weighted by atomic mass is 16.8. The summed E-state index contributed by atoms with van der Waals surface area (Å²) in [5.74, 6) is -3.20. The van der Waals surface area contributed by atoms with Gasteiger partial charge in [-0.2, -0.15) is 0 Å². The number of carbonyl (C=O) groups excluding carboxylic acids is 5. The molecule has 1 saturated carbocycles. The highest BCUT2D eigenvalue weighted by molar-refractivity contribution is 5.81. The van der Waals surface area contributed by atoms with Crippen molar-refractivity contribution in [3.63, 3.8) is 0 Å². The van der Waals surface area contributed by atoms with Gasteiger partial charge in [0.15, 0.2) is 18.9 Å². The Morgan fingerprint density at radius 2 is 0.939 bits per heavy atom. The SMILES string of the molecule is C[C@H]1[C@@H](O[C@H]2[C@@H](O)[C@H](O[C@@H]3[C@@H](O)[C@H](NC(=O)[C@@H](O)CCNC(=O)OCc4ccccc4)C[C@H](NC(=O)OCc4ccccc4)[C@H]3O[C@H]3O[C@H](CN(CCCc4ccccc4)C(=O)OCc4ccccc4)[C@@H](O)[C@H](O)[C@H]3C)O[C@@H]2CO)O[C@@H](CNC(=O)OCc2ccccc2)[C@@H](O)[C@@H]1O. The summed E-state index contributed by atoms with van der Waals surface area (Å²) in [6, 6.07) is 42.0. The maximum atomic E-state index is 14.1. The second-order valence-electron chi connectivity index (χ2n) is 24.7. The number of ether oxygens (including phenoxy) is 10. The van der Waals surface area contributed by atoms with Gasteiger partial charge in [-0.15, -0.1) is 0 Å². The molecule has 28 heteroatoms. The molecule has 4 aliphatic rings. The predicted octanol–water partition coefficient (Wildman–Crippen LogP) is 2.81. The quantitative estimate of drug-likeness (QED) is 0.0306. The van der Waals surface area contributed by atoms with Crippen molar-refractivity contribution in [1.29, 1.82) is 0 Å². The average Bonchev–Trinajstić information content (AvgIpc) is 1.35. The Labute approximate surface area is 566 Å². The Balaban J connectivity index is 0.974. The van der Waals surface area contributed by atoms with Crippen LogP contribution >= 0.6 is 0 Å². The number of hydrogen-bond donors (Lipinski definition) is 12. The monoisotopic (exact) mass is 1370 g/mol. The molecule has 20 atom stereocenters. The fourth-order valence-corrected chi connectivity index (χ4v) is 12.0. The summed E-state index contributed by atoms with van der Waals surface area (Å²) in [6.07, 6.45) is -29.5. The third-order valence-electron chi connectivity index (χ3n) is 17.6. The normalized spacial score (nSPS) is 29.4. The van der Waals surface area contributed by atoms with Gasteiger partial charge < -0.3 is 114 Å². The van der Waals surface area contributed by atoms with E-state index in [0.29, 0.717) is 35.1 Å². The van der Waals surface area contributed by atoms with Crippen LogP contribution in [0.4, 0.5) is 19.2 Å². The number of rotatable bonds is 29. The molecule has 0 spiro atoms. The van der Waals surface area contributed by atoms with Gasteiger partial charge in [0.25, 0.3) is 0 Å². The Kier molecular flexibility index (Phi) is 27.9. The summed E-state index contributed by atoms with van der Waals surface area (Å²) >= 11 is 0. The molecule has 0 unspecified atom stereocenters. The van der Waals surface area contributed by atoms with Crippen LogP contribution in [0.25, 0.3) is 0 Å². The fourth-order valence-electron chi connectivity index (χ4n) is 12.0. The molecule has 1 aliphatic carbocycles. The van der Waals surface area contributed by atoms with Crippen LogP contribution in [-0.4, -0.2) is 219 Å². The van der Waals surface area contributed by atoms with Crippen molar-refractivity contribution in [2.45, 2.75) is 176 Å². The van der Waals surface area contributed by atoms with Gasteiger partial charge in [-0.1, -0.05) is 166 Å². The van der Waals surface area contributed by atoms with E-state index in [2.05, 4.69) is 21.3 Å². The van der Waals surface area contributed by atoms with Gasteiger partial charge in [0.1, 0.15) is 93.6 Å². The van der Waals surface area contributed by atoms with Gasteiger partial charge in [-0.05, 0) is 53.5 Å². The summed E-state index contributed by atoms with van der Waals surface area (Å²) < 4.78 is 60.5. The first kappa shape index (κ1) is 74.3. The van der Waals surface area contributed by atoms with E-state index in [1.54, 1.807) is 115 Å². The van der Waals surface area contributed by atoms with Crippen molar-refractivity contribution in [2.75, 3.05) is 32.8 Å². The Hall–Kier alpha value is -7.91. The van der Waals surface area contributed by atoms with Gasteiger partial charge >= 0.3 is 24.4 Å². The zero-order chi connectivity index (χ0) is 69.7. The minimum atomic E-state index is -1.94. The van der Waals surface area contributed by atoms with E-state index in [9.17, 15) is 64.8 Å². The maximum Gasteiger partial charge on any atom is 0.410 e. The molecule has 12 N–H and O–H groups in total. The molecule has 28 nitrogen and oxygen atoms in total. The first-order valence-corrected chi connectivity index (χ1v) is 32.8. The van der Waals surface area contributed by atoms with Crippen molar-refractivity contribution in [3.05, 3.63) is 179 Å². The van der Waals surface area contributed by atoms with Crippen LogP contribution in [0.3, 0.4) is 0 Å². The van der Waals surface area contributed by atoms with Crippen molar-refractivity contribution < 1.29 is 112 Å². The number of benzene rings is 5. The van der Waals surface area contributed by atoms with Gasteiger partial charge in [0, 0.05) is 31.5 Å². The fraction of sp³-hybridized carbons (Fsp3) is 0.500. The minimum absolute atomic E-state index is 0.0523. The van der Waals surface area contributed by atoms with Gasteiger partial charge in [-0.25, -0.2) is 19.2 Å². The lowest BCUT2D eigenvalue weighted by molar-refractivity contribution is -0.321. The second-order valence-corrected chi connectivity index (χ2v) is 24.7. The smallest absolute Gasteiger partial charge is 0.410 e. The predicted molar refractivity (Wildman–Crippen MR) is 345 cm³/mol. The van der Waals surface area contributed by atoms with E-state index < -0.39 is 165 Å². The Morgan fingerprint density at radius 3 is 1.47 bits per heavy atom. The number of alkyl carbamates (subject to hydrolysis) is 3. The standard InChI is InChI=1S/C70H89N5O23/c1-41-54(78)57(81)51(34-72-68(86)90-38-45-23-12-5-13-24-45)93-64(41)97-61-53(36-76)95-66(59(61)83)98-62-56(80)48(73-63(84)50(77)30-31-71-67(85)89-37-44-21-10-4-11-22-44)33-49(74-69(87)91-39-46-25-14-6-15-26-46)60(62)96-65-42(2)55(79)58(82)52(94-65)35-75(32-18-29-43-19-8-3-9-20-43)70(88)92-40-47-27-16-7-17-28-47/h3-17,19-28,41-42,48-62,64-66,76-83H,18,29-40H2,1-2H3,(H,71,85)(H,72,86)(H,73,84)(H,74,87)/t41-,42-,48-,49+,50+,51+,52-,53-,54-,55-,56+,57-,58-,59-,60-,61-,62-,64-,65-,66+/m1/s1. The van der Waals surface area contributed by atoms with E-state index >= 15 is 0 Å². The minimum Gasteiger partial charge on any atom is -0.445 e. The maximum absolute atomic E-state index is 14.1. The molecule has 532 valence electrons. The molecule has 0 radical (unpaired) electrons. The molecule has 5 aromatic carbocycles. The first-order valence-electron chi connectivity index (χ1n) is 32.8.